The van der Waals surface area contributed by atoms with Crippen LogP contribution in [0.1, 0.15) is 23.9 Å². The van der Waals surface area contributed by atoms with Crippen molar-refractivity contribution in [2.45, 2.75) is 33.3 Å². The number of para-hydroxylation sites is 1. The van der Waals surface area contributed by atoms with Crippen molar-refractivity contribution in [2.24, 2.45) is 0 Å². The summed E-state index contributed by atoms with van der Waals surface area (Å²) in [6.07, 6.45) is 0.620. The Morgan fingerprint density at radius 2 is 1.81 bits per heavy atom. The van der Waals surface area contributed by atoms with Gasteiger partial charge in [-0.2, -0.15) is 10.1 Å². The third-order valence-corrected chi connectivity index (χ3v) is 5.68. The van der Waals surface area contributed by atoms with Gasteiger partial charge in [0, 0.05) is 48.8 Å². The monoisotopic (exact) mass is 422 g/mol. The highest BCUT2D eigenvalue weighted by atomic mass is 16.5. The minimum Gasteiger partial charge on any atom is -0.452 e. The van der Waals surface area contributed by atoms with Crippen LogP contribution in [-0.4, -0.2) is 68.6 Å². The number of esters is 1. The molecule has 1 aromatic carbocycles. The number of hydrogen-bond acceptors (Lipinski definition) is 7. The number of aryl methyl sites for hydroxylation is 2. The Labute approximate surface area is 180 Å². The van der Waals surface area contributed by atoms with Gasteiger partial charge in [-0.25, -0.2) is 9.50 Å². The maximum atomic E-state index is 12.8. The van der Waals surface area contributed by atoms with Crippen LogP contribution < -0.4 is 4.90 Å². The number of carbonyl (C=O) groups is 2. The molecule has 1 saturated heterocycles. The smallest absolute Gasteiger partial charge is 0.311 e. The Morgan fingerprint density at radius 3 is 2.52 bits per heavy atom. The first kappa shape index (κ1) is 20.8. The van der Waals surface area contributed by atoms with Crippen molar-refractivity contribution in [1.82, 2.24) is 24.5 Å². The molecular weight excluding hydrogens is 396 g/mol. The number of rotatable bonds is 5. The van der Waals surface area contributed by atoms with Gasteiger partial charge in [0.25, 0.3) is 11.7 Å². The van der Waals surface area contributed by atoms with Gasteiger partial charge in [-0.3, -0.25) is 9.59 Å². The van der Waals surface area contributed by atoms with E-state index in [9.17, 15) is 9.59 Å². The van der Waals surface area contributed by atoms with Crippen LogP contribution in [0.2, 0.25) is 0 Å². The van der Waals surface area contributed by atoms with E-state index in [0.29, 0.717) is 24.6 Å². The van der Waals surface area contributed by atoms with Crippen molar-refractivity contribution in [3.63, 3.8) is 0 Å². The van der Waals surface area contributed by atoms with E-state index in [2.05, 4.69) is 32.1 Å². The molecule has 0 saturated carbocycles. The zero-order valence-corrected chi connectivity index (χ0v) is 18.0. The molecule has 9 nitrogen and oxygen atoms in total. The van der Waals surface area contributed by atoms with E-state index in [-0.39, 0.29) is 12.3 Å². The molecule has 162 valence electrons. The SMILES string of the molecule is Cc1nc2ncnn2c(C)c1CC(=O)O[C@@H](C)C(=O)N1CCN(c2ccccc2)CC1. The molecule has 1 aliphatic heterocycles. The molecule has 9 heteroatoms. The molecule has 0 aliphatic carbocycles. The first-order chi connectivity index (χ1) is 14.9. The molecular formula is C22H26N6O3. The minimum atomic E-state index is -0.834. The molecule has 3 aromatic rings. The van der Waals surface area contributed by atoms with E-state index >= 15 is 0 Å². The topological polar surface area (TPSA) is 92.9 Å². The van der Waals surface area contributed by atoms with Crippen molar-refractivity contribution in [1.29, 1.82) is 0 Å². The number of piperazine rings is 1. The summed E-state index contributed by atoms with van der Waals surface area (Å²) in [6, 6.07) is 10.1. The molecule has 0 spiro atoms. The van der Waals surface area contributed by atoms with E-state index in [4.69, 9.17) is 4.74 Å². The number of ether oxygens (including phenoxy) is 1. The second kappa shape index (κ2) is 8.71. The number of aromatic nitrogens is 4. The first-order valence-corrected chi connectivity index (χ1v) is 10.4. The number of fused-ring (bicyclic) bond motifs is 1. The average molecular weight is 422 g/mol. The Hall–Kier alpha value is -3.49. The zero-order valence-electron chi connectivity index (χ0n) is 18.0. The van der Waals surface area contributed by atoms with Crippen LogP contribution in [0.3, 0.4) is 0 Å². The third-order valence-electron chi connectivity index (χ3n) is 5.68. The number of amides is 1. The van der Waals surface area contributed by atoms with Gasteiger partial charge in [0.05, 0.1) is 6.42 Å². The molecule has 2 aromatic heterocycles. The van der Waals surface area contributed by atoms with E-state index < -0.39 is 12.1 Å². The summed E-state index contributed by atoms with van der Waals surface area (Å²) in [5.41, 5.74) is 3.37. The van der Waals surface area contributed by atoms with Crippen LogP contribution in [0.5, 0.6) is 0 Å². The maximum absolute atomic E-state index is 12.8. The summed E-state index contributed by atoms with van der Waals surface area (Å²) in [4.78, 5) is 37.8. The predicted octanol–water partition coefficient (Wildman–Crippen LogP) is 1.56. The molecule has 0 radical (unpaired) electrons. The number of anilines is 1. The quantitative estimate of drug-likeness (QED) is 0.576. The van der Waals surface area contributed by atoms with Crippen molar-refractivity contribution < 1.29 is 14.3 Å². The Bertz CT molecular complexity index is 1090. The van der Waals surface area contributed by atoms with Crippen LogP contribution in [0.25, 0.3) is 5.78 Å². The lowest BCUT2D eigenvalue weighted by Gasteiger charge is -2.37. The number of carbonyl (C=O) groups excluding carboxylic acids is 2. The molecule has 4 rings (SSSR count). The predicted molar refractivity (Wildman–Crippen MR) is 115 cm³/mol. The standard InChI is InChI=1S/C22H26N6O3/c1-15-19(16(2)28-22(25-15)23-14-24-28)13-20(29)31-17(3)21(30)27-11-9-26(10-12-27)18-7-5-4-6-8-18/h4-8,14,17H,9-13H2,1-3H3/t17-/m0/s1. The van der Waals surface area contributed by atoms with Gasteiger partial charge < -0.3 is 14.5 Å². The summed E-state index contributed by atoms with van der Waals surface area (Å²) >= 11 is 0. The highest BCUT2D eigenvalue weighted by molar-refractivity contribution is 5.84. The summed E-state index contributed by atoms with van der Waals surface area (Å²) in [5, 5.41) is 4.13. The molecule has 3 heterocycles. The fourth-order valence-electron chi connectivity index (χ4n) is 3.93. The number of benzene rings is 1. The van der Waals surface area contributed by atoms with Crippen LogP contribution in [0, 0.1) is 13.8 Å². The van der Waals surface area contributed by atoms with Crippen LogP contribution >= 0.6 is 0 Å². The second-order valence-electron chi connectivity index (χ2n) is 7.69. The highest BCUT2D eigenvalue weighted by Gasteiger charge is 2.27. The van der Waals surface area contributed by atoms with Crippen molar-refractivity contribution in [2.75, 3.05) is 31.1 Å². The van der Waals surface area contributed by atoms with E-state index in [1.165, 1.54) is 6.33 Å². The van der Waals surface area contributed by atoms with E-state index in [1.807, 2.05) is 32.0 Å². The van der Waals surface area contributed by atoms with Gasteiger partial charge >= 0.3 is 5.97 Å². The van der Waals surface area contributed by atoms with Gasteiger partial charge in [0.2, 0.25) is 0 Å². The molecule has 0 unspecified atom stereocenters. The van der Waals surface area contributed by atoms with Crippen LogP contribution in [0.4, 0.5) is 5.69 Å². The Morgan fingerprint density at radius 1 is 1.10 bits per heavy atom. The molecule has 1 atom stereocenters. The normalized spacial score (nSPS) is 15.2. The fraction of sp³-hybridized carbons (Fsp3) is 0.409. The largest absolute Gasteiger partial charge is 0.452 e. The Kier molecular flexibility index (Phi) is 5.83. The van der Waals surface area contributed by atoms with Gasteiger partial charge in [-0.15, -0.1) is 0 Å². The minimum absolute atomic E-state index is 0.0277. The lowest BCUT2D eigenvalue weighted by atomic mass is 10.1. The fourth-order valence-corrected chi connectivity index (χ4v) is 3.93. The lowest BCUT2D eigenvalue weighted by molar-refractivity contribution is -0.158. The van der Waals surface area contributed by atoms with Crippen LogP contribution in [-0.2, 0) is 20.7 Å². The molecule has 1 amide bonds. The second-order valence-corrected chi connectivity index (χ2v) is 7.69. The Balaban J connectivity index is 1.34. The van der Waals surface area contributed by atoms with Gasteiger partial charge in [-0.1, -0.05) is 18.2 Å². The van der Waals surface area contributed by atoms with E-state index in [0.717, 1.165) is 30.0 Å². The third kappa shape index (κ3) is 4.35. The van der Waals surface area contributed by atoms with Crippen molar-refractivity contribution >= 4 is 23.3 Å². The summed E-state index contributed by atoms with van der Waals surface area (Å²) < 4.78 is 7.06. The van der Waals surface area contributed by atoms with Crippen LogP contribution in [0.15, 0.2) is 36.7 Å². The van der Waals surface area contributed by atoms with Gasteiger partial charge in [0.15, 0.2) is 6.10 Å². The number of nitrogens with zero attached hydrogens (tertiary/aromatic N) is 6. The summed E-state index contributed by atoms with van der Waals surface area (Å²) in [5.74, 6) is -0.138. The first-order valence-electron chi connectivity index (χ1n) is 10.4. The maximum Gasteiger partial charge on any atom is 0.311 e. The average Bonchev–Trinajstić information content (AvgIpc) is 3.25. The van der Waals surface area contributed by atoms with E-state index in [1.54, 1.807) is 16.3 Å². The number of hydrogen-bond donors (Lipinski definition) is 0. The highest BCUT2D eigenvalue weighted by Crippen LogP contribution is 2.17. The zero-order chi connectivity index (χ0) is 22.0. The molecule has 0 bridgehead atoms. The summed E-state index contributed by atoms with van der Waals surface area (Å²) in [7, 11) is 0. The molecule has 1 aliphatic rings. The van der Waals surface area contributed by atoms with Gasteiger partial charge in [0.1, 0.15) is 6.33 Å². The van der Waals surface area contributed by atoms with Crippen molar-refractivity contribution in [3.8, 4) is 0 Å². The molecule has 0 N–H and O–H groups in total. The molecule has 31 heavy (non-hydrogen) atoms. The lowest BCUT2D eigenvalue weighted by Crippen LogP contribution is -2.51. The summed E-state index contributed by atoms with van der Waals surface area (Å²) in [6.45, 7) is 8.01. The van der Waals surface area contributed by atoms with Crippen molar-refractivity contribution in [3.05, 3.63) is 53.6 Å². The van der Waals surface area contributed by atoms with Gasteiger partial charge in [-0.05, 0) is 32.9 Å². The molecule has 1 fully saturated rings.